The maximum atomic E-state index is 13.0. The van der Waals surface area contributed by atoms with Crippen LogP contribution < -0.4 is 10.1 Å². The summed E-state index contributed by atoms with van der Waals surface area (Å²) in [5.41, 5.74) is 7.54. The third kappa shape index (κ3) is 6.15. The molecule has 1 aliphatic rings. The lowest BCUT2D eigenvalue weighted by Gasteiger charge is -2.38. The van der Waals surface area contributed by atoms with Crippen LogP contribution in [0.25, 0.3) is 0 Å². The highest BCUT2D eigenvalue weighted by molar-refractivity contribution is 5.81. The van der Waals surface area contributed by atoms with E-state index in [4.69, 9.17) is 4.74 Å². The second kappa shape index (κ2) is 12.1. The molecule has 0 saturated heterocycles. The fourth-order valence-electron chi connectivity index (χ4n) is 5.34. The van der Waals surface area contributed by atoms with Gasteiger partial charge in [0, 0.05) is 19.6 Å². The molecule has 4 heteroatoms. The van der Waals surface area contributed by atoms with Crippen molar-refractivity contribution in [3.63, 3.8) is 0 Å². The maximum Gasteiger partial charge on any atom is 0.261 e. The number of amides is 1. The molecule has 1 N–H and O–H groups in total. The van der Waals surface area contributed by atoms with Gasteiger partial charge in [0.1, 0.15) is 5.75 Å². The Balaban J connectivity index is 1.38. The summed E-state index contributed by atoms with van der Waals surface area (Å²) in [5, 5.41) is 3.03. The molecule has 1 aliphatic heterocycles. The normalized spacial score (nSPS) is 15.9. The molecule has 5 rings (SSSR count). The zero-order valence-electron chi connectivity index (χ0n) is 22.3. The Morgan fingerprint density at radius 1 is 0.921 bits per heavy atom. The van der Waals surface area contributed by atoms with E-state index in [2.05, 4.69) is 83.9 Å². The van der Waals surface area contributed by atoms with Crippen LogP contribution in [0.3, 0.4) is 0 Å². The first-order valence-electron chi connectivity index (χ1n) is 13.6. The van der Waals surface area contributed by atoms with Gasteiger partial charge in [0.05, 0.1) is 6.04 Å². The summed E-state index contributed by atoms with van der Waals surface area (Å²) < 4.78 is 6.30. The lowest BCUT2D eigenvalue weighted by molar-refractivity contribution is -0.128. The topological polar surface area (TPSA) is 41.6 Å². The van der Waals surface area contributed by atoms with Crippen LogP contribution >= 0.6 is 0 Å². The summed E-state index contributed by atoms with van der Waals surface area (Å²) >= 11 is 0. The quantitative estimate of drug-likeness (QED) is 0.279. The average molecular weight is 505 g/mol. The Morgan fingerprint density at radius 2 is 1.66 bits per heavy atom. The minimum atomic E-state index is -0.543. The Labute approximate surface area is 226 Å². The van der Waals surface area contributed by atoms with Crippen molar-refractivity contribution < 1.29 is 9.53 Å². The zero-order chi connectivity index (χ0) is 26.3. The van der Waals surface area contributed by atoms with E-state index < -0.39 is 6.10 Å². The second-order valence-corrected chi connectivity index (χ2v) is 10.1. The number of rotatable bonds is 9. The number of hydrogen-bond acceptors (Lipinski definition) is 3. The highest BCUT2D eigenvalue weighted by atomic mass is 16.5. The number of nitrogens with one attached hydrogen (secondary N) is 1. The van der Waals surface area contributed by atoms with Crippen LogP contribution in [0.4, 0.5) is 0 Å². The van der Waals surface area contributed by atoms with Gasteiger partial charge in [-0.2, -0.15) is 0 Å². The summed E-state index contributed by atoms with van der Waals surface area (Å²) in [7, 11) is 0. The van der Waals surface area contributed by atoms with Gasteiger partial charge in [-0.15, -0.1) is 0 Å². The minimum absolute atomic E-state index is 0.0882. The van der Waals surface area contributed by atoms with E-state index in [-0.39, 0.29) is 11.9 Å². The van der Waals surface area contributed by atoms with Gasteiger partial charge in [-0.1, -0.05) is 103 Å². The third-order valence-corrected chi connectivity index (χ3v) is 7.28. The van der Waals surface area contributed by atoms with Gasteiger partial charge >= 0.3 is 0 Å². The lowest BCUT2D eigenvalue weighted by Crippen LogP contribution is -2.38. The molecule has 0 fully saturated rings. The molecule has 2 unspecified atom stereocenters. The summed E-state index contributed by atoms with van der Waals surface area (Å²) in [6, 6.07) is 35.9. The summed E-state index contributed by atoms with van der Waals surface area (Å²) in [5.74, 6) is 0.651. The van der Waals surface area contributed by atoms with Crippen LogP contribution in [0, 0.1) is 6.92 Å². The molecule has 4 nitrogen and oxygen atoms in total. The third-order valence-electron chi connectivity index (χ3n) is 7.28. The van der Waals surface area contributed by atoms with Crippen molar-refractivity contribution in [3.05, 3.63) is 137 Å². The van der Waals surface area contributed by atoms with Gasteiger partial charge < -0.3 is 10.1 Å². The molecular weight excluding hydrogens is 468 g/mol. The smallest absolute Gasteiger partial charge is 0.261 e. The van der Waals surface area contributed by atoms with Crippen LogP contribution in [-0.4, -0.2) is 23.5 Å². The Kier molecular flexibility index (Phi) is 8.20. The van der Waals surface area contributed by atoms with Gasteiger partial charge in [0.15, 0.2) is 6.10 Å². The van der Waals surface area contributed by atoms with Crippen molar-refractivity contribution in [1.82, 2.24) is 10.2 Å². The fourth-order valence-corrected chi connectivity index (χ4v) is 5.34. The number of carbonyl (C=O) groups is 1. The van der Waals surface area contributed by atoms with Crippen LogP contribution in [-0.2, 0) is 24.3 Å². The van der Waals surface area contributed by atoms with E-state index >= 15 is 0 Å². The molecular formula is C34H36N2O2. The Morgan fingerprint density at radius 3 is 2.39 bits per heavy atom. The molecule has 0 aromatic heterocycles. The SMILES string of the molecule is CCC(Oc1ccc2c(c1)C(c1ccccc1)N(Cc1cccc(C)c1)CC2)C(=O)NCc1ccccc1. The molecule has 1 heterocycles. The zero-order valence-corrected chi connectivity index (χ0v) is 22.3. The van der Waals surface area contributed by atoms with Gasteiger partial charge in [0.2, 0.25) is 0 Å². The number of aryl methyl sites for hydroxylation is 1. The number of carbonyl (C=O) groups excluding carboxylic acids is 1. The first-order valence-corrected chi connectivity index (χ1v) is 13.6. The molecule has 0 aliphatic carbocycles. The summed E-state index contributed by atoms with van der Waals surface area (Å²) in [6.07, 6.45) is 1.04. The molecule has 2 atom stereocenters. The van der Waals surface area contributed by atoms with E-state index in [9.17, 15) is 4.79 Å². The van der Waals surface area contributed by atoms with Gasteiger partial charge in [-0.3, -0.25) is 9.69 Å². The summed E-state index contributed by atoms with van der Waals surface area (Å²) in [4.78, 5) is 15.5. The van der Waals surface area contributed by atoms with E-state index in [1.807, 2.05) is 43.3 Å². The maximum absolute atomic E-state index is 13.0. The standard InChI is InChI=1S/C34H36N2O2/c1-3-32(34(37)35-23-26-12-6-4-7-13-26)38-30-18-17-28-19-20-36(24-27-14-10-11-25(2)21-27)33(31(28)22-30)29-15-8-5-9-16-29/h4-18,21-22,32-33H,3,19-20,23-24H2,1-2H3,(H,35,37). The van der Waals surface area contributed by atoms with Crippen molar-refractivity contribution in [2.45, 2.75) is 51.9 Å². The first-order chi connectivity index (χ1) is 18.6. The van der Waals surface area contributed by atoms with Crippen molar-refractivity contribution in [2.75, 3.05) is 6.54 Å². The van der Waals surface area contributed by atoms with Crippen molar-refractivity contribution >= 4 is 5.91 Å². The van der Waals surface area contributed by atoms with Crippen LogP contribution in [0.15, 0.2) is 103 Å². The molecule has 0 spiro atoms. The van der Waals surface area contributed by atoms with Crippen molar-refractivity contribution in [3.8, 4) is 5.75 Å². The molecule has 194 valence electrons. The Hall–Kier alpha value is -3.89. The highest BCUT2D eigenvalue weighted by Gasteiger charge is 2.30. The van der Waals surface area contributed by atoms with E-state index in [1.165, 1.54) is 27.8 Å². The van der Waals surface area contributed by atoms with Crippen LogP contribution in [0.5, 0.6) is 5.75 Å². The lowest BCUT2D eigenvalue weighted by atomic mass is 9.87. The van der Waals surface area contributed by atoms with Gasteiger partial charge in [-0.25, -0.2) is 0 Å². The molecule has 4 aromatic carbocycles. The number of hydrogen-bond donors (Lipinski definition) is 1. The molecule has 1 amide bonds. The van der Waals surface area contributed by atoms with E-state index in [0.29, 0.717) is 13.0 Å². The monoisotopic (exact) mass is 504 g/mol. The van der Waals surface area contributed by atoms with E-state index in [1.54, 1.807) is 0 Å². The van der Waals surface area contributed by atoms with Crippen molar-refractivity contribution in [1.29, 1.82) is 0 Å². The predicted octanol–water partition coefficient (Wildman–Crippen LogP) is 6.62. The average Bonchev–Trinajstić information content (AvgIpc) is 2.95. The first kappa shape index (κ1) is 25.7. The number of nitrogens with zero attached hydrogens (tertiary/aromatic N) is 1. The van der Waals surface area contributed by atoms with Gasteiger partial charge in [-0.05, 0) is 59.7 Å². The second-order valence-electron chi connectivity index (χ2n) is 10.1. The fraction of sp³-hybridized carbons (Fsp3) is 0.265. The number of fused-ring (bicyclic) bond motifs is 1. The number of ether oxygens (including phenoxy) is 1. The van der Waals surface area contributed by atoms with Crippen LogP contribution in [0.1, 0.15) is 52.8 Å². The molecule has 0 radical (unpaired) electrons. The summed E-state index contributed by atoms with van der Waals surface area (Å²) in [6.45, 7) is 6.49. The van der Waals surface area contributed by atoms with Gasteiger partial charge in [0.25, 0.3) is 5.91 Å². The minimum Gasteiger partial charge on any atom is -0.481 e. The molecule has 4 aromatic rings. The van der Waals surface area contributed by atoms with Crippen molar-refractivity contribution in [2.24, 2.45) is 0 Å². The van der Waals surface area contributed by atoms with Crippen LogP contribution in [0.2, 0.25) is 0 Å². The Bertz CT molecular complexity index is 1350. The number of benzene rings is 4. The molecule has 0 bridgehead atoms. The molecule has 38 heavy (non-hydrogen) atoms. The largest absolute Gasteiger partial charge is 0.481 e. The molecule has 0 saturated carbocycles. The predicted molar refractivity (Wildman–Crippen MR) is 153 cm³/mol. The highest BCUT2D eigenvalue weighted by Crippen LogP contribution is 2.38. The van der Waals surface area contributed by atoms with E-state index in [0.717, 1.165) is 30.8 Å².